The summed E-state index contributed by atoms with van der Waals surface area (Å²) in [6.45, 7) is 3.53. The number of hydrogen-bond donors (Lipinski definition) is 2. The number of hydrogen-bond acceptors (Lipinski definition) is 2. The van der Waals surface area contributed by atoms with Crippen LogP contribution in [-0.4, -0.2) is 24.9 Å². The third-order valence-corrected chi connectivity index (χ3v) is 4.61. The molecule has 2 N–H and O–H groups in total. The molecular formula is C19H18Cl2F2N2O2. The Hall–Kier alpha value is -2.18. The Labute approximate surface area is 165 Å². The van der Waals surface area contributed by atoms with Crippen LogP contribution in [0.15, 0.2) is 36.4 Å². The van der Waals surface area contributed by atoms with Gasteiger partial charge in [0, 0.05) is 17.0 Å². The van der Waals surface area contributed by atoms with Gasteiger partial charge in [-0.15, -0.1) is 0 Å². The Balaban J connectivity index is 1.93. The molecule has 2 rings (SSSR count). The quantitative estimate of drug-likeness (QED) is 0.747. The van der Waals surface area contributed by atoms with Gasteiger partial charge in [-0.05, 0) is 29.8 Å². The van der Waals surface area contributed by atoms with E-state index >= 15 is 0 Å². The van der Waals surface area contributed by atoms with E-state index in [9.17, 15) is 18.4 Å². The fraction of sp³-hybridized carbons (Fsp3) is 0.263. The van der Waals surface area contributed by atoms with Gasteiger partial charge in [-0.2, -0.15) is 0 Å². The largest absolute Gasteiger partial charge is 0.354 e. The Morgan fingerprint density at radius 3 is 2.37 bits per heavy atom. The Bertz CT molecular complexity index is 853. The van der Waals surface area contributed by atoms with Crippen molar-refractivity contribution in [2.45, 2.75) is 19.3 Å². The summed E-state index contributed by atoms with van der Waals surface area (Å²) in [4.78, 5) is 24.0. The zero-order valence-corrected chi connectivity index (χ0v) is 16.2. The third-order valence-electron chi connectivity index (χ3n) is 3.99. The van der Waals surface area contributed by atoms with E-state index in [1.807, 2.05) is 13.8 Å². The normalized spacial score (nSPS) is 11.2. The van der Waals surface area contributed by atoms with E-state index < -0.39 is 28.9 Å². The standard InChI is InChI=1S/C19H18Cl2F2N2O2/c1-19(2,12-7-6-11(22)8-14(12)21)10-25-16(26)9-24-18(27)17-13(20)4-3-5-15(17)23/h3-8H,9-10H2,1-2H3,(H,24,27)(H,25,26). The minimum Gasteiger partial charge on any atom is -0.354 e. The van der Waals surface area contributed by atoms with Gasteiger partial charge in [0.25, 0.3) is 5.91 Å². The predicted octanol–water partition coefficient (Wildman–Crippen LogP) is 4.10. The number of rotatable bonds is 6. The van der Waals surface area contributed by atoms with E-state index in [-0.39, 0.29) is 28.7 Å². The molecule has 2 amide bonds. The van der Waals surface area contributed by atoms with Crippen LogP contribution in [0.4, 0.5) is 8.78 Å². The molecule has 2 aromatic rings. The van der Waals surface area contributed by atoms with Crippen LogP contribution in [0.1, 0.15) is 29.8 Å². The minimum absolute atomic E-state index is 0.0417. The lowest BCUT2D eigenvalue weighted by molar-refractivity contribution is -0.120. The van der Waals surface area contributed by atoms with Crippen molar-refractivity contribution in [1.82, 2.24) is 10.6 Å². The highest BCUT2D eigenvalue weighted by molar-refractivity contribution is 6.34. The lowest BCUT2D eigenvalue weighted by Crippen LogP contribution is -2.42. The molecule has 0 unspecified atom stereocenters. The first-order valence-electron chi connectivity index (χ1n) is 8.06. The lowest BCUT2D eigenvalue weighted by atomic mass is 9.84. The molecule has 0 radical (unpaired) electrons. The molecule has 8 heteroatoms. The van der Waals surface area contributed by atoms with Gasteiger partial charge in [-0.1, -0.05) is 49.2 Å². The molecule has 2 aromatic carbocycles. The third kappa shape index (κ3) is 5.40. The molecule has 0 aliphatic carbocycles. The van der Waals surface area contributed by atoms with Gasteiger partial charge in [0.2, 0.25) is 5.91 Å². The molecule has 4 nitrogen and oxygen atoms in total. The fourth-order valence-electron chi connectivity index (χ4n) is 2.48. The van der Waals surface area contributed by atoms with E-state index in [0.717, 1.165) is 6.07 Å². The summed E-state index contributed by atoms with van der Waals surface area (Å²) >= 11 is 11.9. The summed E-state index contributed by atoms with van der Waals surface area (Å²) in [7, 11) is 0. The van der Waals surface area contributed by atoms with Gasteiger partial charge >= 0.3 is 0 Å². The van der Waals surface area contributed by atoms with E-state index in [0.29, 0.717) is 5.56 Å². The Morgan fingerprint density at radius 1 is 1.04 bits per heavy atom. The van der Waals surface area contributed by atoms with Crippen LogP contribution in [0.25, 0.3) is 0 Å². The number of amides is 2. The van der Waals surface area contributed by atoms with Crippen LogP contribution in [0.3, 0.4) is 0 Å². The van der Waals surface area contributed by atoms with Crippen LogP contribution in [-0.2, 0) is 10.2 Å². The first-order valence-corrected chi connectivity index (χ1v) is 8.82. The minimum atomic E-state index is -0.783. The van der Waals surface area contributed by atoms with Crippen molar-refractivity contribution in [3.8, 4) is 0 Å². The molecule has 0 spiro atoms. The molecular weight excluding hydrogens is 397 g/mol. The van der Waals surface area contributed by atoms with Crippen LogP contribution in [0.2, 0.25) is 10.0 Å². The Morgan fingerprint density at radius 2 is 1.74 bits per heavy atom. The van der Waals surface area contributed by atoms with Gasteiger partial charge in [-0.3, -0.25) is 9.59 Å². The maximum Gasteiger partial charge on any atom is 0.256 e. The molecule has 0 saturated carbocycles. The average molecular weight is 415 g/mol. The molecule has 0 aliphatic rings. The summed E-state index contributed by atoms with van der Waals surface area (Å²) in [6.07, 6.45) is 0. The highest BCUT2D eigenvalue weighted by Crippen LogP contribution is 2.29. The van der Waals surface area contributed by atoms with Gasteiger partial charge < -0.3 is 10.6 Å². The van der Waals surface area contributed by atoms with E-state index in [4.69, 9.17) is 23.2 Å². The number of carbonyl (C=O) groups excluding carboxylic acids is 2. The summed E-state index contributed by atoms with van der Waals surface area (Å²) in [5, 5.41) is 5.21. The lowest BCUT2D eigenvalue weighted by Gasteiger charge is -2.26. The molecule has 144 valence electrons. The van der Waals surface area contributed by atoms with Crippen molar-refractivity contribution in [3.05, 3.63) is 69.2 Å². The number of nitrogens with one attached hydrogen (secondary N) is 2. The van der Waals surface area contributed by atoms with E-state index in [1.165, 1.54) is 24.3 Å². The number of benzene rings is 2. The van der Waals surface area contributed by atoms with Crippen molar-refractivity contribution in [2.75, 3.05) is 13.1 Å². The Kier molecular flexibility index (Phi) is 6.78. The zero-order valence-electron chi connectivity index (χ0n) is 14.7. The summed E-state index contributed by atoms with van der Waals surface area (Å²) < 4.78 is 26.9. The maximum absolute atomic E-state index is 13.7. The summed E-state index contributed by atoms with van der Waals surface area (Å²) in [6, 6.07) is 7.93. The second-order valence-corrected chi connectivity index (χ2v) is 7.38. The zero-order chi connectivity index (χ0) is 20.2. The molecule has 0 heterocycles. The van der Waals surface area contributed by atoms with Crippen molar-refractivity contribution in [1.29, 1.82) is 0 Å². The molecule has 27 heavy (non-hydrogen) atoms. The van der Waals surface area contributed by atoms with Crippen molar-refractivity contribution >= 4 is 35.0 Å². The van der Waals surface area contributed by atoms with Crippen LogP contribution >= 0.6 is 23.2 Å². The van der Waals surface area contributed by atoms with E-state index in [2.05, 4.69) is 10.6 Å². The van der Waals surface area contributed by atoms with Crippen LogP contribution in [0, 0.1) is 11.6 Å². The average Bonchev–Trinajstić information content (AvgIpc) is 2.57. The van der Waals surface area contributed by atoms with Crippen LogP contribution in [0.5, 0.6) is 0 Å². The monoisotopic (exact) mass is 414 g/mol. The van der Waals surface area contributed by atoms with Gasteiger partial charge in [0.1, 0.15) is 11.6 Å². The summed E-state index contributed by atoms with van der Waals surface area (Å²) in [5.74, 6) is -2.47. The highest BCUT2D eigenvalue weighted by atomic mass is 35.5. The van der Waals surface area contributed by atoms with E-state index in [1.54, 1.807) is 6.07 Å². The predicted molar refractivity (Wildman–Crippen MR) is 101 cm³/mol. The smallest absolute Gasteiger partial charge is 0.256 e. The van der Waals surface area contributed by atoms with Gasteiger partial charge in [0.05, 0.1) is 17.1 Å². The number of carbonyl (C=O) groups is 2. The molecule has 0 fully saturated rings. The van der Waals surface area contributed by atoms with Crippen molar-refractivity contribution < 1.29 is 18.4 Å². The van der Waals surface area contributed by atoms with Crippen molar-refractivity contribution in [3.63, 3.8) is 0 Å². The molecule has 0 atom stereocenters. The second kappa shape index (κ2) is 8.67. The first-order chi connectivity index (χ1) is 12.6. The topological polar surface area (TPSA) is 58.2 Å². The maximum atomic E-state index is 13.7. The highest BCUT2D eigenvalue weighted by Gasteiger charge is 2.24. The van der Waals surface area contributed by atoms with Crippen molar-refractivity contribution in [2.24, 2.45) is 0 Å². The second-order valence-electron chi connectivity index (χ2n) is 6.56. The first kappa shape index (κ1) is 21.1. The fourth-order valence-corrected chi connectivity index (χ4v) is 3.15. The van der Waals surface area contributed by atoms with Crippen LogP contribution < -0.4 is 10.6 Å². The summed E-state index contributed by atoms with van der Waals surface area (Å²) in [5.41, 5.74) is -0.210. The van der Waals surface area contributed by atoms with Gasteiger partial charge in [-0.25, -0.2) is 8.78 Å². The van der Waals surface area contributed by atoms with Gasteiger partial charge in [0.15, 0.2) is 0 Å². The molecule has 0 aliphatic heterocycles. The molecule has 0 aromatic heterocycles. The molecule has 0 bridgehead atoms. The molecule has 0 saturated heterocycles. The number of halogens is 4. The SMILES string of the molecule is CC(C)(CNC(=O)CNC(=O)c1c(F)cccc1Cl)c1ccc(F)cc1Cl.